The van der Waals surface area contributed by atoms with Crippen LogP contribution in [0, 0.1) is 5.92 Å². The van der Waals surface area contributed by atoms with Crippen molar-refractivity contribution in [2.75, 3.05) is 22.1 Å². The van der Waals surface area contributed by atoms with E-state index in [1.807, 2.05) is 0 Å². The van der Waals surface area contributed by atoms with Gasteiger partial charge in [-0.05, 0) is 18.1 Å². The Bertz CT molecular complexity index is 564. The highest BCUT2D eigenvalue weighted by atomic mass is 35.5. The molecule has 0 spiro atoms. The van der Waals surface area contributed by atoms with Crippen molar-refractivity contribution in [3.8, 4) is 0 Å². The minimum absolute atomic E-state index is 0.0503. The monoisotopic (exact) mass is 336 g/mol. The van der Waals surface area contributed by atoms with Gasteiger partial charge >= 0.3 is 0 Å². The first-order valence-corrected chi connectivity index (χ1v) is 9.08. The molecule has 0 aromatic heterocycles. The number of nitrogens with one attached hydrogen (secondary N) is 1. The van der Waals surface area contributed by atoms with E-state index in [1.165, 1.54) is 11.8 Å². The molecule has 0 bridgehead atoms. The third kappa shape index (κ3) is 6.02. The Morgan fingerprint density at radius 1 is 1.45 bits per heavy atom. The number of amides is 1. The van der Waals surface area contributed by atoms with E-state index in [2.05, 4.69) is 4.72 Å². The van der Waals surface area contributed by atoms with Crippen LogP contribution in [0.15, 0.2) is 29.2 Å². The van der Waals surface area contributed by atoms with E-state index < -0.39 is 15.9 Å². The Balaban J connectivity index is 2.83. The molecule has 20 heavy (non-hydrogen) atoms. The number of halogens is 1. The summed E-state index contributed by atoms with van der Waals surface area (Å²) in [5.74, 6) is -0.274. The van der Waals surface area contributed by atoms with E-state index >= 15 is 0 Å². The average Bonchev–Trinajstić information content (AvgIpc) is 2.36. The van der Waals surface area contributed by atoms with Crippen molar-refractivity contribution in [2.45, 2.75) is 11.8 Å². The topological polar surface area (TPSA) is 89.3 Å². The van der Waals surface area contributed by atoms with Gasteiger partial charge in [-0.25, -0.2) is 8.42 Å². The molecule has 1 atom stereocenters. The summed E-state index contributed by atoms with van der Waals surface area (Å²) in [7, 11) is -3.47. The molecule has 1 rings (SSSR count). The van der Waals surface area contributed by atoms with Crippen LogP contribution in [0.3, 0.4) is 0 Å². The predicted octanol–water partition coefficient (Wildman–Crippen LogP) is 1.88. The van der Waals surface area contributed by atoms with Crippen molar-refractivity contribution in [3.63, 3.8) is 0 Å². The summed E-state index contributed by atoms with van der Waals surface area (Å²) in [4.78, 5) is 11.5. The second kappa shape index (κ2) is 7.75. The molecule has 0 fully saturated rings. The van der Waals surface area contributed by atoms with E-state index in [0.29, 0.717) is 10.6 Å². The molecule has 1 unspecified atom stereocenters. The predicted molar refractivity (Wildman–Crippen MR) is 83.7 cm³/mol. The van der Waals surface area contributed by atoms with Gasteiger partial charge in [-0.15, -0.1) is 23.4 Å². The maximum atomic E-state index is 12.0. The van der Waals surface area contributed by atoms with Crippen LogP contribution in [-0.2, 0) is 14.8 Å². The number of nitrogens with two attached hydrogens (primary N) is 1. The first-order chi connectivity index (χ1) is 9.34. The highest BCUT2D eigenvalue weighted by molar-refractivity contribution is 8.00. The minimum atomic E-state index is -3.47. The van der Waals surface area contributed by atoms with E-state index in [0.717, 1.165) is 0 Å². The first-order valence-electron chi connectivity index (χ1n) is 5.90. The molecule has 112 valence electrons. The second-order valence-electron chi connectivity index (χ2n) is 4.39. The molecule has 0 aliphatic rings. The lowest BCUT2D eigenvalue weighted by Crippen LogP contribution is -2.22. The van der Waals surface area contributed by atoms with E-state index in [-0.39, 0.29) is 23.3 Å². The summed E-state index contributed by atoms with van der Waals surface area (Å²) in [6.45, 7) is 1.76. The lowest BCUT2D eigenvalue weighted by Gasteiger charge is -2.13. The number of para-hydroxylation sites is 1. The van der Waals surface area contributed by atoms with Crippen LogP contribution in [0.5, 0.6) is 0 Å². The molecule has 1 aromatic carbocycles. The molecule has 8 heteroatoms. The van der Waals surface area contributed by atoms with Gasteiger partial charge in [-0.2, -0.15) is 0 Å². The molecule has 5 nitrogen and oxygen atoms in total. The van der Waals surface area contributed by atoms with Crippen LogP contribution >= 0.6 is 23.4 Å². The van der Waals surface area contributed by atoms with Crippen LogP contribution in [-0.4, -0.2) is 31.7 Å². The SMILES string of the molecule is CC(CCl)CS(=O)(=O)Nc1ccccc1SCC(N)=O. The molecule has 0 aliphatic carbocycles. The molecule has 0 saturated heterocycles. The van der Waals surface area contributed by atoms with Crippen LogP contribution in [0.2, 0.25) is 0 Å². The van der Waals surface area contributed by atoms with Gasteiger partial charge in [-0.3, -0.25) is 9.52 Å². The van der Waals surface area contributed by atoms with Crippen LogP contribution in [0.4, 0.5) is 5.69 Å². The number of thioether (sulfide) groups is 1. The van der Waals surface area contributed by atoms with Gasteiger partial charge in [0.1, 0.15) is 0 Å². The van der Waals surface area contributed by atoms with Gasteiger partial charge in [0.25, 0.3) is 0 Å². The lowest BCUT2D eigenvalue weighted by molar-refractivity contribution is -0.115. The number of anilines is 1. The maximum Gasteiger partial charge on any atom is 0.233 e. The summed E-state index contributed by atoms with van der Waals surface area (Å²) in [5.41, 5.74) is 5.53. The number of alkyl halides is 1. The number of carbonyl (C=O) groups is 1. The Kier molecular flexibility index (Phi) is 6.64. The number of carbonyl (C=O) groups excluding carboxylic acids is 1. The molecule has 0 saturated carbocycles. The number of hydrogen-bond acceptors (Lipinski definition) is 4. The lowest BCUT2D eigenvalue weighted by atomic mass is 10.3. The van der Waals surface area contributed by atoms with Crippen molar-refractivity contribution in [2.24, 2.45) is 11.7 Å². The smallest absolute Gasteiger partial charge is 0.233 e. The zero-order chi connectivity index (χ0) is 15.2. The summed E-state index contributed by atoms with van der Waals surface area (Å²) in [6, 6.07) is 6.86. The van der Waals surface area contributed by atoms with Gasteiger partial charge in [0, 0.05) is 10.8 Å². The van der Waals surface area contributed by atoms with Crippen molar-refractivity contribution in [1.82, 2.24) is 0 Å². The zero-order valence-electron chi connectivity index (χ0n) is 11.0. The molecule has 0 aliphatic heterocycles. The molecule has 0 radical (unpaired) electrons. The van der Waals surface area contributed by atoms with Gasteiger partial charge in [-0.1, -0.05) is 19.1 Å². The fourth-order valence-corrected chi connectivity index (χ4v) is 3.97. The Labute approximate surface area is 128 Å². The number of hydrogen-bond donors (Lipinski definition) is 2. The summed E-state index contributed by atoms with van der Waals surface area (Å²) in [5, 5.41) is 0. The van der Waals surface area contributed by atoms with Crippen molar-refractivity contribution >= 4 is 45.0 Å². The third-order valence-corrected chi connectivity index (χ3v) is 5.45. The van der Waals surface area contributed by atoms with E-state index in [4.69, 9.17) is 17.3 Å². The number of rotatable bonds is 8. The number of benzene rings is 1. The van der Waals surface area contributed by atoms with Crippen molar-refractivity contribution < 1.29 is 13.2 Å². The Morgan fingerprint density at radius 2 is 2.10 bits per heavy atom. The summed E-state index contributed by atoms with van der Waals surface area (Å²) >= 11 is 6.82. The Hall–Kier alpha value is -0.920. The largest absolute Gasteiger partial charge is 0.369 e. The van der Waals surface area contributed by atoms with Crippen LogP contribution in [0.25, 0.3) is 0 Å². The fourth-order valence-electron chi connectivity index (χ4n) is 1.45. The van der Waals surface area contributed by atoms with Gasteiger partial charge in [0.2, 0.25) is 15.9 Å². The van der Waals surface area contributed by atoms with E-state index in [1.54, 1.807) is 31.2 Å². The average molecular weight is 337 g/mol. The third-order valence-electron chi connectivity index (χ3n) is 2.29. The molecule has 3 N–H and O–H groups in total. The van der Waals surface area contributed by atoms with Crippen LogP contribution in [0.1, 0.15) is 6.92 Å². The molecule has 1 aromatic rings. The normalized spacial score (nSPS) is 12.9. The quantitative estimate of drug-likeness (QED) is 0.560. The molecule has 0 heterocycles. The summed E-state index contributed by atoms with van der Waals surface area (Å²) in [6.07, 6.45) is 0. The first kappa shape index (κ1) is 17.1. The van der Waals surface area contributed by atoms with E-state index in [9.17, 15) is 13.2 Å². The minimum Gasteiger partial charge on any atom is -0.369 e. The standard InChI is InChI=1S/C12H17ClN2O3S2/c1-9(6-13)8-20(17,18)15-10-4-2-3-5-11(10)19-7-12(14)16/h2-5,9,15H,6-8H2,1H3,(H2,14,16). The zero-order valence-corrected chi connectivity index (χ0v) is 13.4. The van der Waals surface area contributed by atoms with Crippen molar-refractivity contribution in [1.29, 1.82) is 0 Å². The number of sulfonamides is 1. The maximum absolute atomic E-state index is 12.0. The van der Waals surface area contributed by atoms with Gasteiger partial charge in [0.05, 0.1) is 17.2 Å². The highest BCUT2D eigenvalue weighted by Gasteiger charge is 2.16. The van der Waals surface area contributed by atoms with Gasteiger partial charge < -0.3 is 5.73 Å². The highest BCUT2D eigenvalue weighted by Crippen LogP contribution is 2.27. The molecule has 1 amide bonds. The number of primary amides is 1. The molecular weight excluding hydrogens is 320 g/mol. The molecular formula is C12H17ClN2O3S2. The van der Waals surface area contributed by atoms with Crippen molar-refractivity contribution in [3.05, 3.63) is 24.3 Å². The van der Waals surface area contributed by atoms with Crippen LogP contribution < -0.4 is 10.5 Å². The summed E-state index contributed by atoms with van der Waals surface area (Å²) < 4.78 is 26.5. The Morgan fingerprint density at radius 3 is 2.70 bits per heavy atom. The van der Waals surface area contributed by atoms with Gasteiger partial charge in [0.15, 0.2) is 0 Å². The second-order valence-corrected chi connectivity index (χ2v) is 7.49. The fraction of sp³-hybridized carbons (Fsp3) is 0.417.